The molecule has 1 amide bonds. The van der Waals surface area contributed by atoms with Crippen LogP contribution in [0.2, 0.25) is 0 Å². The Labute approximate surface area is 144 Å². The summed E-state index contributed by atoms with van der Waals surface area (Å²) in [6.45, 7) is 2.43. The van der Waals surface area contributed by atoms with Gasteiger partial charge in [0, 0.05) is 26.8 Å². The van der Waals surface area contributed by atoms with Crippen molar-refractivity contribution in [1.82, 2.24) is 4.90 Å². The molecule has 3 rings (SSSR count). The summed E-state index contributed by atoms with van der Waals surface area (Å²) < 4.78 is 5.42. The Bertz CT molecular complexity index is 596. The van der Waals surface area contributed by atoms with Crippen LogP contribution in [0, 0.1) is 5.92 Å². The number of ether oxygens (including phenoxy) is 1. The van der Waals surface area contributed by atoms with Crippen molar-refractivity contribution in [3.05, 3.63) is 71.8 Å². The SMILES string of the molecule is CN(CC1CCOCC1)C(=O)C(c1ccccc1)c1ccccc1. The maximum Gasteiger partial charge on any atom is 0.234 e. The van der Waals surface area contributed by atoms with E-state index in [2.05, 4.69) is 0 Å². The van der Waals surface area contributed by atoms with Crippen molar-refractivity contribution in [2.75, 3.05) is 26.8 Å². The van der Waals surface area contributed by atoms with Crippen molar-refractivity contribution >= 4 is 5.91 Å². The molecule has 1 heterocycles. The van der Waals surface area contributed by atoms with Gasteiger partial charge in [-0.05, 0) is 29.9 Å². The number of carbonyl (C=O) groups is 1. The van der Waals surface area contributed by atoms with Gasteiger partial charge in [0.25, 0.3) is 0 Å². The van der Waals surface area contributed by atoms with Gasteiger partial charge in [-0.1, -0.05) is 60.7 Å². The van der Waals surface area contributed by atoms with Gasteiger partial charge in [-0.25, -0.2) is 0 Å². The Morgan fingerprint density at radius 3 is 2.00 bits per heavy atom. The van der Waals surface area contributed by atoms with E-state index in [4.69, 9.17) is 4.74 Å². The fourth-order valence-corrected chi connectivity index (χ4v) is 3.40. The Balaban J connectivity index is 1.81. The lowest BCUT2D eigenvalue weighted by Crippen LogP contribution is -2.37. The van der Waals surface area contributed by atoms with E-state index in [1.54, 1.807) is 0 Å². The molecule has 1 fully saturated rings. The van der Waals surface area contributed by atoms with Crippen molar-refractivity contribution in [2.24, 2.45) is 5.92 Å². The van der Waals surface area contributed by atoms with Gasteiger partial charge in [-0.15, -0.1) is 0 Å². The van der Waals surface area contributed by atoms with Gasteiger partial charge >= 0.3 is 0 Å². The average molecular weight is 323 g/mol. The second kappa shape index (κ2) is 8.11. The first kappa shape index (κ1) is 16.7. The monoisotopic (exact) mass is 323 g/mol. The molecular weight excluding hydrogens is 298 g/mol. The van der Waals surface area contributed by atoms with E-state index in [9.17, 15) is 4.79 Å². The molecule has 0 aliphatic carbocycles. The predicted octanol–water partition coefficient (Wildman–Crippen LogP) is 3.70. The molecule has 2 aromatic rings. The van der Waals surface area contributed by atoms with Crippen LogP contribution in [0.5, 0.6) is 0 Å². The second-order valence-corrected chi connectivity index (χ2v) is 6.53. The molecule has 1 saturated heterocycles. The smallest absolute Gasteiger partial charge is 0.234 e. The first-order valence-electron chi connectivity index (χ1n) is 8.68. The van der Waals surface area contributed by atoms with Crippen molar-refractivity contribution < 1.29 is 9.53 Å². The Hall–Kier alpha value is -2.13. The molecular formula is C21H25NO2. The molecule has 24 heavy (non-hydrogen) atoms. The summed E-state index contributed by atoms with van der Waals surface area (Å²) in [5.41, 5.74) is 2.10. The number of hydrogen-bond donors (Lipinski definition) is 0. The maximum atomic E-state index is 13.2. The zero-order valence-corrected chi connectivity index (χ0v) is 14.2. The zero-order chi connectivity index (χ0) is 16.8. The lowest BCUT2D eigenvalue weighted by atomic mass is 9.89. The standard InChI is InChI=1S/C21H25NO2/c1-22(16-17-12-14-24-15-13-17)21(23)20(18-8-4-2-5-9-18)19-10-6-3-7-11-19/h2-11,17,20H,12-16H2,1H3. The second-order valence-electron chi connectivity index (χ2n) is 6.53. The van der Waals surface area contributed by atoms with Crippen LogP contribution >= 0.6 is 0 Å². The highest BCUT2D eigenvalue weighted by molar-refractivity contribution is 5.87. The largest absolute Gasteiger partial charge is 0.381 e. The lowest BCUT2D eigenvalue weighted by Gasteiger charge is -2.30. The molecule has 0 atom stereocenters. The Morgan fingerprint density at radius 2 is 1.50 bits per heavy atom. The van der Waals surface area contributed by atoms with Crippen LogP contribution in [0.4, 0.5) is 0 Å². The quantitative estimate of drug-likeness (QED) is 0.839. The third kappa shape index (κ3) is 4.04. The summed E-state index contributed by atoms with van der Waals surface area (Å²) in [7, 11) is 1.93. The number of carbonyl (C=O) groups excluding carboxylic acids is 1. The summed E-state index contributed by atoms with van der Waals surface area (Å²) in [5, 5.41) is 0. The van der Waals surface area contributed by atoms with E-state index in [1.807, 2.05) is 72.6 Å². The molecule has 0 aromatic heterocycles. The molecule has 0 saturated carbocycles. The topological polar surface area (TPSA) is 29.5 Å². The van der Waals surface area contributed by atoms with Gasteiger partial charge in [-0.2, -0.15) is 0 Å². The van der Waals surface area contributed by atoms with Gasteiger partial charge in [0.2, 0.25) is 5.91 Å². The van der Waals surface area contributed by atoms with Gasteiger partial charge in [0.1, 0.15) is 0 Å². The molecule has 0 N–H and O–H groups in total. The molecule has 3 nitrogen and oxygen atoms in total. The molecule has 3 heteroatoms. The third-order valence-electron chi connectivity index (χ3n) is 4.76. The Kier molecular flexibility index (Phi) is 5.65. The number of amides is 1. The number of rotatable bonds is 5. The summed E-state index contributed by atoms with van der Waals surface area (Å²) in [5.74, 6) is 0.469. The highest BCUT2D eigenvalue weighted by Gasteiger charge is 2.27. The summed E-state index contributed by atoms with van der Waals surface area (Å²) >= 11 is 0. The van der Waals surface area contributed by atoms with Crippen LogP contribution in [0.3, 0.4) is 0 Å². The first-order valence-corrected chi connectivity index (χ1v) is 8.68. The summed E-state index contributed by atoms with van der Waals surface area (Å²) in [6, 6.07) is 20.1. The van der Waals surface area contributed by atoms with Crippen LogP contribution in [0.25, 0.3) is 0 Å². The number of nitrogens with zero attached hydrogens (tertiary/aromatic N) is 1. The van der Waals surface area contributed by atoms with Crippen LogP contribution in [0.15, 0.2) is 60.7 Å². The average Bonchev–Trinajstić information content (AvgIpc) is 2.64. The lowest BCUT2D eigenvalue weighted by molar-refractivity contribution is -0.131. The van der Waals surface area contributed by atoms with Gasteiger partial charge in [-0.3, -0.25) is 4.79 Å². The highest BCUT2D eigenvalue weighted by atomic mass is 16.5. The minimum Gasteiger partial charge on any atom is -0.381 e. The molecule has 0 unspecified atom stereocenters. The van der Waals surface area contributed by atoms with E-state index in [0.717, 1.165) is 43.7 Å². The molecule has 0 spiro atoms. The van der Waals surface area contributed by atoms with E-state index in [1.165, 1.54) is 0 Å². The summed E-state index contributed by atoms with van der Waals surface area (Å²) in [4.78, 5) is 15.1. The maximum absolute atomic E-state index is 13.2. The van der Waals surface area contributed by atoms with Crippen LogP contribution in [0.1, 0.15) is 29.9 Å². The van der Waals surface area contributed by atoms with E-state index < -0.39 is 0 Å². The minimum absolute atomic E-state index is 0.166. The van der Waals surface area contributed by atoms with Gasteiger partial charge < -0.3 is 9.64 Å². The van der Waals surface area contributed by atoms with Crippen molar-refractivity contribution in [2.45, 2.75) is 18.8 Å². The first-order chi connectivity index (χ1) is 11.8. The molecule has 1 aliphatic rings. The van der Waals surface area contributed by atoms with Gasteiger partial charge in [0.05, 0.1) is 5.92 Å². The highest BCUT2D eigenvalue weighted by Crippen LogP contribution is 2.27. The van der Waals surface area contributed by atoms with E-state index in [0.29, 0.717) is 5.92 Å². The molecule has 1 aliphatic heterocycles. The number of benzene rings is 2. The molecule has 0 bridgehead atoms. The van der Waals surface area contributed by atoms with Crippen molar-refractivity contribution in [1.29, 1.82) is 0 Å². The minimum atomic E-state index is -0.239. The predicted molar refractivity (Wildman–Crippen MR) is 95.9 cm³/mol. The van der Waals surface area contributed by atoms with Crippen LogP contribution < -0.4 is 0 Å². The normalized spacial score (nSPS) is 15.4. The van der Waals surface area contributed by atoms with E-state index in [-0.39, 0.29) is 11.8 Å². The molecule has 0 radical (unpaired) electrons. The number of hydrogen-bond acceptors (Lipinski definition) is 2. The third-order valence-corrected chi connectivity index (χ3v) is 4.76. The number of likely N-dealkylation sites (N-methyl/N-ethyl adjacent to an activating group) is 1. The van der Waals surface area contributed by atoms with Gasteiger partial charge in [0.15, 0.2) is 0 Å². The zero-order valence-electron chi connectivity index (χ0n) is 14.2. The van der Waals surface area contributed by atoms with E-state index >= 15 is 0 Å². The molecule has 2 aromatic carbocycles. The summed E-state index contributed by atoms with van der Waals surface area (Å²) in [6.07, 6.45) is 2.08. The molecule has 126 valence electrons. The van der Waals surface area contributed by atoms with Crippen molar-refractivity contribution in [3.8, 4) is 0 Å². The fraction of sp³-hybridized carbons (Fsp3) is 0.381. The van der Waals surface area contributed by atoms with Crippen LogP contribution in [-0.2, 0) is 9.53 Å². The van der Waals surface area contributed by atoms with Crippen molar-refractivity contribution in [3.63, 3.8) is 0 Å². The van der Waals surface area contributed by atoms with Crippen LogP contribution in [-0.4, -0.2) is 37.6 Å². The Morgan fingerprint density at radius 1 is 1.00 bits per heavy atom. The fourth-order valence-electron chi connectivity index (χ4n) is 3.40.